The topological polar surface area (TPSA) is 55.1 Å². The molecule has 128 valence electrons. The highest BCUT2D eigenvalue weighted by atomic mass is 32.2. The van der Waals surface area contributed by atoms with Gasteiger partial charge in [0.1, 0.15) is 5.03 Å². The first kappa shape index (κ1) is 17.2. The van der Waals surface area contributed by atoms with E-state index < -0.39 is 0 Å². The second-order valence-electron chi connectivity index (χ2n) is 6.28. The average molecular weight is 344 g/mol. The van der Waals surface area contributed by atoms with Crippen molar-refractivity contribution in [2.45, 2.75) is 56.4 Å². The number of fused-ring (bicyclic) bond motifs is 1. The molecule has 3 rings (SSSR count). The third-order valence-corrected chi connectivity index (χ3v) is 5.68. The minimum absolute atomic E-state index is 0.102. The first-order chi connectivity index (χ1) is 11.7. The highest BCUT2D eigenvalue weighted by Crippen LogP contribution is 2.30. The lowest BCUT2D eigenvalue weighted by atomic mass is 9.97. The van der Waals surface area contributed by atoms with E-state index in [1.54, 1.807) is 16.3 Å². The fourth-order valence-electron chi connectivity index (χ4n) is 3.24. The molecule has 1 aromatic carbocycles. The largest absolute Gasteiger partial charge is 0.396 e. The lowest BCUT2D eigenvalue weighted by Crippen LogP contribution is -2.30. The van der Waals surface area contributed by atoms with Gasteiger partial charge in [-0.15, -0.1) is 11.8 Å². The number of hydrogen-bond acceptors (Lipinski definition) is 4. The molecule has 1 aliphatic carbocycles. The summed E-state index contributed by atoms with van der Waals surface area (Å²) in [6.07, 6.45) is 4.82. The quantitative estimate of drug-likeness (QED) is 0.646. The average Bonchev–Trinajstić information content (AvgIpc) is 2.60. The van der Waals surface area contributed by atoms with Gasteiger partial charge >= 0.3 is 5.69 Å². The molecule has 0 spiro atoms. The van der Waals surface area contributed by atoms with Crippen molar-refractivity contribution in [1.82, 2.24) is 9.55 Å². The van der Waals surface area contributed by atoms with E-state index in [0.717, 1.165) is 42.2 Å². The molecule has 0 radical (unpaired) electrons. The number of thioether (sulfide) groups is 1. The van der Waals surface area contributed by atoms with Gasteiger partial charge in [-0.1, -0.05) is 24.3 Å². The normalized spacial score (nSPS) is 13.8. The summed E-state index contributed by atoms with van der Waals surface area (Å²) >= 11 is 1.68. The first-order valence-corrected chi connectivity index (χ1v) is 9.60. The Morgan fingerprint density at radius 2 is 2.04 bits per heavy atom. The predicted molar refractivity (Wildman–Crippen MR) is 97.6 cm³/mol. The highest BCUT2D eigenvalue weighted by molar-refractivity contribution is 7.98. The molecule has 1 aliphatic rings. The van der Waals surface area contributed by atoms with E-state index in [9.17, 15) is 4.79 Å². The number of hydrogen-bond donors (Lipinski definition) is 1. The molecule has 0 atom stereocenters. The Balaban J connectivity index is 1.89. The maximum atomic E-state index is 12.5. The predicted octanol–water partition coefficient (Wildman–Crippen LogP) is 3.11. The number of aliphatic hydroxyl groups is 1. The molecule has 0 unspecified atom stereocenters. The zero-order valence-electron chi connectivity index (χ0n) is 14.1. The summed E-state index contributed by atoms with van der Waals surface area (Å²) in [6, 6.07) is 8.35. The van der Waals surface area contributed by atoms with Gasteiger partial charge in [0, 0.05) is 30.2 Å². The number of aromatic nitrogens is 2. The Labute approximate surface area is 146 Å². The van der Waals surface area contributed by atoms with Crippen LogP contribution in [0.4, 0.5) is 0 Å². The summed E-state index contributed by atoms with van der Waals surface area (Å²) in [7, 11) is 0. The first-order valence-electron chi connectivity index (χ1n) is 8.61. The second-order valence-corrected chi connectivity index (χ2v) is 7.24. The smallest absolute Gasteiger partial charge is 0.348 e. The molecule has 1 heterocycles. The number of rotatable bonds is 6. The van der Waals surface area contributed by atoms with Crippen LogP contribution in [0.5, 0.6) is 0 Å². The maximum Gasteiger partial charge on any atom is 0.348 e. The van der Waals surface area contributed by atoms with Crippen LogP contribution in [0.2, 0.25) is 0 Å². The van der Waals surface area contributed by atoms with Crippen LogP contribution >= 0.6 is 11.8 Å². The Morgan fingerprint density at radius 3 is 2.83 bits per heavy atom. The van der Waals surface area contributed by atoms with Crippen LogP contribution in [0.25, 0.3) is 0 Å². The van der Waals surface area contributed by atoms with Gasteiger partial charge in [-0.25, -0.2) is 4.79 Å². The van der Waals surface area contributed by atoms with E-state index in [4.69, 9.17) is 5.11 Å². The van der Waals surface area contributed by atoms with E-state index in [1.807, 2.05) is 6.07 Å². The molecular weight excluding hydrogens is 320 g/mol. The lowest BCUT2D eigenvalue weighted by Gasteiger charge is -2.22. The fraction of sp³-hybridized carbons (Fsp3) is 0.474. The van der Waals surface area contributed by atoms with Crippen LogP contribution < -0.4 is 5.69 Å². The van der Waals surface area contributed by atoms with Gasteiger partial charge in [0.2, 0.25) is 0 Å². The van der Waals surface area contributed by atoms with Crippen molar-refractivity contribution in [3.8, 4) is 0 Å². The van der Waals surface area contributed by atoms with Crippen LogP contribution in [-0.2, 0) is 25.1 Å². The second kappa shape index (κ2) is 7.99. The lowest BCUT2D eigenvalue weighted by molar-refractivity contribution is 0.277. The molecule has 2 aromatic rings. The van der Waals surface area contributed by atoms with E-state index in [-0.39, 0.29) is 12.3 Å². The molecule has 4 nitrogen and oxygen atoms in total. The molecule has 0 bridgehead atoms. The Morgan fingerprint density at radius 1 is 1.25 bits per heavy atom. The van der Waals surface area contributed by atoms with Gasteiger partial charge in [0.15, 0.2) is 0 Å². The number of aryl methyl sites for hydroxylation is 1. The van der Waals surface area contributed by atoms with Gasteiger partial charge in [-0.05, 0) is 50.2 Å². The number of nitrogens with zero attached hydrogens (tertiary/aromatic N) is 2. The molecule has 0 saturated carbocycles. The Kier molecular flexibility index (Phi) is 5.74. The molecular formula is C19H24N2O2S. The highest BCUT2D eigenvalue weighted by Gasteiger charge is 2.20. The zero-order valence-corrected chi connectivity index (χ0v) is 14.9. The van der Waals surface area contributed by atoms with E-state index >= 15 is 0 Å². The van der Waals surface area contributed by atoms with Gasteiger partial charge in [0.25, 0.3) is 0 Å². The van der Waals surface area contributed by atoms with Crippen molar-refractivity contribution in [2.75, 3.05) is 6.61 Å². The third kappa shape index (κ3) is 3.73. The van der Waals surface area contributed by atoms with Gasteiger partial charge in [-0.2, -0.15) is 4.98 Å². The van der Waals surface area contributed by atoms with E-state index in [2.05, 4.69) is 30.1 Å². The molecule has 0 aliphatic heterocycles. The van der Waals surface area contributed by atoms with Crippen molar-refractivity contribution in [3.05, 3.63) is 57.1 Å². The van der Waals surface area contributed by atoms with Gasteiger partial charge in [0.05, 0.1) is 0 Å². The summed E-state index contributed by atoms with van der Waals surface area (Å²) in [6.45, 7) is 2.78. The van der Waals surface area contributed by atoms with Crippen LogP contribution in [0, 0.1) is 6.92 Å². The molecule has 0 fully saturated rings. The zero-order chi connectivity index (χ0) is 16.9. The van der Waals surface area contributed by atoms with Crippen molar-refractivity contribution in [1.29, 1.82) is 0 Å². The summed E-state index contributed by atoms with van der Waals surface area (Å²) < 4.78 is 1.78. The summed E-state index contributed by atoms with van der Waals surface area (Å²) in [5, 5.41) is 9.97. The Hall–Kier alpha value is -1.59. The minimum atomic E-state index is -0.170. The standard InChI is InChI=1S/C19H24N2O2S/c1-14-7-2-3-8-15(14)13-24-18-16-9-4-5-10-17(16)21(11-6-12-22)19(23)20-18/h2-3,7-8,22H,4-6,9-13H2,1H3. The van der Waals surface area contributed by atoms with Gasteiger partial charge in [-0.3, -0.25) is 4.57 Å². The van der Waals surface area contributed by atoms with Crippen molar-refractivity contribution >= 4 is 11.8 Å². The number of benzene rings is 1. The monoisotopic (exact) mass is 344 g/mol. The molecule has 24 heavy (non-hydrogen) atoms. The van der Waals surface area contributed by atoms with E-state index in [0.29, 0.717) is 13.0 Å². The molecule has 0 amide bonds. The SMILES string of the molecule is Cc1ccccc1CSc1nc(=O)n(CCCO)c2c1CCCC2. The number of aliphatic hydroxyl groups excluding tert-OH is 1. The van der Waals surface area contributed by atoms with Crippen molar-refractivity contribution in [2.24, 2.45) is 0 Å². The fourth-order valence-corrected chi connectivity index (χ4v) is 4.40. The van der Waals surface area contributed by atoms with Gasteiger partial charge < -0.3 is 5.11 Å². The van der Waals surface area contributed by atoms with Crippen LogP contribution in [0.15, 0.2) is 34.1 Å². The summed E-state index contributed by atoms with van der Waals surface area (Å²) in [4.78, 5) is 16.8. The molecule has 0 saturated heterocycles. The molecule has 1 N–H and O–H groups in total. The Bertz CT molecular complexity index is 770. The van der Waals surface area contributed by atoms with Crippen LogP contribution in [0.1, 0.15) is 41.6 Å². The molecule has 5 heteroatoms. The summed E-state index contributed by atoms with van der Waals surface area (Å²) in [5.74, 6) is 0.839. The van der Waals surface area contributed by atoms with E-state index in [1.165, 1.54) is 16.7 Å². The molecule has 1 aromatic heterocycles. The van der Waals surface area contributed by atoms with Crippen LogP contribution in [-0.4, -0.2) is 21.3 Å². The van der Waals surface area contributed by atoms with Crippen molar-refractivity contribution < 1.29 is 5.11 Å². The van der Waals surface area contributed by atoms with Crippen LogP contribution in [0.3, 0.4) is 0 Å². The third-order valence-electron chi connectivity index (χ3n) is 4.62. The summed E-state index contributed by atoms with van der Waals surface area (Å²) in [5.41, 5.74) is 4.78. The van der Waals surface area contributed by atoms with Crippen molar-refractivity contribution in [3.63, 3.8) is 0 Å². The minimum Gasteiger partial charge on any atom is -0.396 e. The maximum absolute atomic E-state index is 12.5.